The molecule has 0 fully saturated rings. The Kier molecular flexibility index (Phi) is 4.98. The van der Waals surface area contributed by atoms with E-state index in [9.17, 15) is 4.79 Å². The Morgan fingerprint density at radius 3 is 2.68 bits per heavy atom. The van der Waals surface area contributed by atoms with E-state index in [1.54, 1.807) is 19.2 Å². The van der Waals surface area contributed by atoms with Crippen molar-refractivity contribution in [3.63, 3.8) is 0 Å². The molecule has 1 amide bonds. The quantitative estimate of drug-likeness (QED) is 0.872. The maximum atomic E-state index is 12.8. The van der Waals surface area contributed by atoms with Gasteiger partial charge in [-0.1, -0.05) is 38.1 Å². The van der Waals surface area contributed by atoms with Gasteiger partial charge < -0.3 is 14.8 Å². The summed E-state index contributed by atoms with van der Waals surface area (Å²) >= 11 is 0. The summed E-state index contributed by atoms with van der Waals surface area (Å²) in [5, 5.41) is 3.19. The Bertz CT molecular complexity index is 752. The summed E-state index contributed by atoms with van der Waals surface area (Å²) in [5.74, 6) is 1.45. The lowest BCUT2D eigenvalue weighted by Gasteiger charge is -2.41. The van der Waals surface area contributed by atoms with Crippen molar-refractivity contribution in [1.82, 2.24) is 5.32 Å². The molecule has 2 aromatic carbocycles. The number of carbonyl (C=O) groups excluding carboxylic acids is 1. The van der Waals surface area contributed by atoms with Gasteiger partial charge in [0.1, 0.15) is 17.1 Å². The molecule has 0 spiro atoms. The molecule has 4 heteroatoms. The number of fused-ring (bicyclic) bond motifs is 1. The summed E-state index contributed by atoms with van der Waals surface area (Å²) in [5.41, 5.74) is 1.40. The molecule has 1 aliphatic heterocycles. The van der Waals surface area contributed by atoms with Crippen LogP contribution in [-0.2, 0) is 0 Å². The maximum Gasteiger partial charge on any atom is 0.251 e. The van der Waals surface area contributed by atoms with Gasteiger partial charge in [0, 0.05) is 17.5 Å². The lowest BCUT2D eigenvalue weighted by atomic mass is 9.83. The van der Waals surface area contributed by atoms with Crippen LogP contribution in [-0.4, -0.2) is 18.6 Å². The van der Waals surface area contributed by atoms with Gasteiger partial charge in [0.25, 0.3) is 5.91 Å². The van der Waals surface area contributed by atoms with Crippen LogP contribution in [0.25, 0.3) is 0 Å². The third-order valence-corrected chi connectivity index (χ3v) is 5.12. The third kappa shape index (κ3) is 3.48. The van der Waals surface area contributed by atoms with Gasteiger partial charge in [-0.05, 0) is 37.1 Å². The Hall–Kier alpha value is -2.49. The van der Waals surface area contributed by atoms with Crippen LogP contribution in [0, 0.1) is 0 Å². The molecule has 0 saturated heterocycles. The molecule has 4 nitrogen and oxygen atoms in total. The standard InChI is InChI=1S/C21H25NO3/c1-4-21(5-2)14-18(17-11-6-7-12-19(17)25-21)22-20(23)15-9-8-10-16(13-15)24-3/h6-13,18H,4-5,14H2,1-3H3,(H,22,23)/t18-/m1/s1. The number of para-hydroxylation sites is 1. The highest BCUT2D eigenvalue weighted by atomic mass is 16.5. The van der Waals surface area contributed by atoms with Gasteiger partial charge >= 0.3 is 0 Å². The Morgan fingerprint density at radius 1 is 1.20 bits per heavy atom. The average molecular weight is 339 g/mol. The van der Waals surface area contributed by atoms with Crippen molar-refractivity contribution in [3.05, 3.63) is 59.7 Å². The smallest absolute Gasteiger partial charge is 0.251 e. The van der Waals surface area contributed by atoms with Crippen LogP contribution in [0.3, 0.4) is 0 Å². The molecule has 0 radical (unpaired) electrons. The van der Waals surface area contributed by atoms with Crippen molar-refractivity contribution in [1.29, 1.82) is 0 Å². The zero-order valence-corrected chi connectivity index (χ0v) is 15.0. The van der Waals surface area contributed by atoms with Crippen molar-refractivity contribution >= 4 is 5.91 Å². The van der Waals surface area contributed by atoms with Crippen LogP contribution in [0.5, 0.6) is 11.5 Å². The van der Waals surface area contributed by atoms with Crippen molar-refractivity contribution in [2.75, 3.05) is 7.11 Å². The summed E-state index contributed by atoms with van der Waals surface area (Å²) in [6, 6.07) is 15.1. The second-order valence-corrected chi connectivity index (χ2v) is 6.49. The Balaban J connectivity index is 1.88. The minimum absolute atomic E-state index is 0.0662. The first-order valence-corrected chi connectivity index (χ1v) is 8.83. The van der Waals surface area contributed by atoms with E-state index in [-0.39, 0.29) is 17.6 Å². The van der Waals surface area contributed by atoms with E-state index in [0.717, 1.165) is 30.6 Å². The second-order valence-electron chi connectivity index (χ2n) is 6.49. The molecule has 0 saturated carbocycles. The number of hydrogen-bond acceptors (Lipinski definition) is 3. The highest BCUT2D eigenvalue weighted by molar-refractivity contribution is 5.94. The van der Waals surface area contributed by atoms with Crippen molar-refractivity contribution in [2.24, 2.45) is 0 Å². The Morgan fingerprint density at radius 2 is 1.96 bits per heavy atom. The minimum atomic E-state index is -0.235. The molecule has 0 aliphatic carbocycles. The molecule has 132 valence electrons. The number of hydrogen-bond donors (Lipinski definition) is 1. The van der Waals surface area contributed by atoms with E-state index < -0.39 is 0 Å². The van der Waals surface area contributed by atoms with Crippen LogP contribution in [0.15, 0.2) is 48.5 Å². The van der Waals surface area contributed by atoms with Crippen LogP contribution >= 0.6 is 0 Å². The molecule has 1 aliphatic rings. The van der Waals surface area contributed by atoms with E-state index in [4.69, 9.17) is 9.47 Å². The topological polar surface area (TPSA) is 47.6 Å². The van der Waals surface area contributed by atoms with Crippen LogP contribution in [0.4, 0.5) is 0 Å². The molecule has 0 aromatic heterocycles. The SMILES string of the molecule is CCC1(CC)C[C@@H](NC(=O)c2cccc(OC)c2)c2ccccc2O1. The van der Waals surface area contributed by atoms with E-state index in [1.165, 1.54) is 0 Å². The number of ether oxygens (including phenoxy) is 2. The van der Waals surface area contributed by atoms with Crippen molar-refractivity contribution in [2.45, 2.75) is 44.8 Å². The minimum Gasteiger partial charge on any atom is -0.497 e. The molecule has 3 rings (SSSR count). The van der Waals surface area contributed by atoms with E-state index in [1.807, 2.05) is 36.4 Å². The lowest BCUT2D eigenvalue weighted by molar-refractivity contribution is 0.0227. The monoisotopic (exact) mass is 339 g/mol. The van der Waals surface area contributed by atoms with Gasteiger partial charge in [0.05, 0.1) is 13.2 Å². The number of methoxy groups -OCH3 is 1. The summed E-state index contributed by atoms with van der Waals surface area (Å²) in [6.45, 7) is 4.27. The first kappa shape index (κ1) is 17.3. The largest absolute Gasteiger partial charge is 0.497 e. The number of rotatable bonds is 5. The molecule has 1 atom stereocenters. The van der Waals surface area contributed by atoms with Gasteiger partial charge in [0.15, 0.2) is 0 Å². The van der Waals surface area contributed by atoms with Crippen LogP contribution in [0.1, 0.15) is 55.1 Å². The van der Waals surface area contributed by atoms with Gasteiger partial charge in [-0.3, -0.25) is 4.79 Å². The molecule has 1 heterocycles. The molecule has 0 unspecified atom stereocenters. The fourth-order valence-corrected chi connectivity index (χ4v) is 3.44. The van der Waals surface area contributed by atoms with Crippen LogP contribution in [0.2, 0.25) is 0 Å². The molecular formula is C21H25NO3. The first-order valence-electron chi connectivity index (χ1n) is 8.83. The third-order valence-electron chi connectivity index (χ3n) is 5.12. The van der Waals surface area contributed by atoms with Gasteiger partial charge in [-0.2, -0.15) is 0 Å². The van der Waals surface area contributed by atoms with E-state index in [2.05, 4.69) is 19.2 Å². The number of carbonyl (C=O) groups is 1. The number of nitrogens with one attached hydrogen (secondary N) is 1. The molecule has 25 heavy (non-hydrogen) atoms. The number of amides is 1. The Labute approximate surface area is 149 Å². The van der Waals surface area contributed by atoms with Crippen molar-refractivity contribution in [3.8, 4) is 11.5 Å². The molecule has 1 N–H and O–H groups in total. The zero-order valence-electron chi connectivity index (χ0n) is 15.0. The molecule has 0 bridgehead atoms. The highest BCUT2D eigenvalue weighted by Crippen LogP contribution is 2.42. The number of benzene rings is 2. The normalized spacial score (nSPS) is 18.0. The van der Waals surface area contributed by atoms with E-state index in [0.29, 0.717) is 11.3 Å². The van der Waals surface area contributed by atoms with Gasteiger partial charge in [-0.25, -0.2) is 0 Å². The predicted octanol–water partition coefficient (Wildman–Crippen LogP) is 4.51. The summed E-state index contributed by atoms with van der Waals surface area (Å²) in [6.07, 6.45) is 2.58. The van der Waals surface area contributed by atoms with E-state index >= 15 is 0 Å². The highest BCUT2D eigenvalue weighted by Gasteiger charge is 2.38. The van der Waals surface area contributed by atoms with Crippen LogP contribution < -0.4 is 14.8 Å². The molecular weight excluding hydrogens is 314 g/mol. The lowest BCUT2D eigenvalue weighted by Crippen LogP contribution is -2.44. The maximum absolute atomic E-state index is 12.8. The first-order chi connectivity index (χ1) is 12.1. The van der Waals surface area contributed by atoms with Gasteiger partial charge in [-0.15, -0.1) is 0 Å². The second kappa shape index (κ2) is 7.18. The summed E-state index contributed by atoms with van der Waals surface area (Å²) in [7, 11) is 1.60. The fourth-order valence-electron chi connectivity index (χ4n) is 3.44. The summed E-state index contributed by atoms with van der Waals surface area (Å²) < 4.78 is 11.5. The fraction of sp³-hybridized carbons (Fsp3) is 0.381. The molecule has 2 aromatic rings. The van der Waals surface area contributed by atoms with Crippen molar-refractivity contribution < 1.29 is 14.3 Å². The summed E-state index contributed by atoms with van der Waals surface area (Å²) in [4.78, 5) is 12.8. The zero-order chi connectivity index (χ0) is 17.9. The predicted molar refractivity (Wildman–Crippen MR) is 98.2 cm³/mol. The van der Waals surface area contributed by atoms with Gasteiger partial charge in [0.2, 0.25) is 0 Å². The average Bonchev–Trinajstić information content (AvgIpc) is 2.67.